The predicted molar refractivity (Wildman–Crippen MR) is 165 cm³/mol. The van der Waals surface area contributed by atoms with Crippen LogP contribution in [0.2, 0.25) is 10.0 Å². The molecule has 0 radical (unpaired) electrons. The van der Waals surface area contributed by atoms with Crippen LogP contribution in [0.3, 0.4) is 0 Å². The van der Waals surface area contributed by atoms with E-state index in [1.807, 2.05) is 13.8 Å². The molecule has 1 N–H and O–H groups in total. The number of hydrogen-bond donors (Lipinski definition) is 1. The molecular formula is C30H29Cl2N5O2S. The van der Waals surface area contributed by atoms with Crippen LogP contribution in [0.4, 0.5) is 0 Å². The van der Waals surface area contributed by atoms with Crippen molar-refractivity contribution >= 4 is 73.9 Å². The zero-order valence-electron chi connectivity index (χ0n) is 22.3. The zero-order valence-corrected chi connectivity index (χ0v) is 24.7. The Balaban J connectivity index is 1.31. The second-order valence-electron chi connectivity index (χ2n) is 10.4. The third-order valence-electron chi connectivity index (χ3n) is 7.71. The number of carbonyl (C=O) groups is 1. The van der Waals surface area contributed by atoms with E-state index in [1.165, 1.54) is 36.0 Å². The molecule has 40 heavy (non-hydrogen) atoms. The lowest BCUT2D eigenvalue weighted by Crippen LogP contribution is -2.35. The van der Waals surface area contributed by atoms with Crippen LogP contribution in [-0.4, -0.2) is 38.1 Å². The van der Waals surface area contributed by atoms with Gasteiger partial charge in [-0.05, 0) is 74.9 Å². The Bertz CT molecular complexity index is 1630. The highest BCUT2D eigenvalue weighted by atomic mass is 35.5. The number of hydrogen-bond acceptors (Lipinski definition) is 5. The number of ether oxygens (including phenoxy) is 1. The Kier molecular flexibility index (Phi) is 7.50. The van der Waals surface area contributed by atoms with Gasteiger partial charge in [-0.15, -0.1) is 0 Å². The minimum atomic E-state index is -0.405. The van der Waals surface area contributed by atoms with Gasteiger partial charge in [-0.3, -0.25) is 10.2 Å². The minimum Gasteiger partial charge on any atom is -0.490 e. The first kappa shape index (κ1) is 27.1. The summed E-state index contributed by atoms with van der Waals surface area (Å²) in [6, 6.07) is 11.4. The van der Waals surface area contributed by atoms with Crippen LogP contribution < -0.4 is 4.74 Å². The topological polar surface area (TPSA) is 83.0 Å². The number of nitrogens with one attached hydrogen (secondary N) is 1. The predicted octanol–water partition coefficient (Wildman–Crippen LogP) is 7.84. The van der Waals surface area contributed by atoms with Gasteiger partial charge in [-0.1, -0.05) is 54.1 Å². The van der Waals surface area contributed by atoms with Gasteiger partial charge in [0.1, 0.15) is 17.4 Å². The number of benzene rings is 2. The van der Waals surface area contributed by atoms with Crippen molar-refractivity contribution in [2.45, 2.75) is 52.5 Å². The molecule has 206 valence electrons. The van der Waals surface area contributed by atoms with Crippen molar-refractivity contribution in [3.8, 4) is 5.75 Å². The molecule has 3 heterocycles. The summed E-state index contributed by atoms with van der Waals surface area (Å²) in [5.41, 5.74) is 4.23. The molecule has 3 aromatic rings. The van der Waals surface area contributed by atoms with Crippen LogP contribution in [0.5, 0.6) is 5.75 Å². The molecule has 1 aromatic heterocycles. The summed E-state index contributed by atoms with van der Waals surface area (Å²) >= 11 is 13.7. The van der Waals surface area contributed by atoms with Crippen LogP contribution in [0.15, 0.2) is 52.1 Å². The fraction of sp³-hybridized carbons (Fsp3) is 0.333. The van der Waals surface area contributed by atoms with E-state index in [0.29, 0.717) is 40.0 Å². The number of fused-ring (bicyclic) bond motifs is 2. The van der Waals surface area contributed by atoms with Crippen molar-refractivity contribution in [3.63, 3.8) is 0 Å². The highest BCUT2D eigenvalue weighted by molar-refractivity contribution is 8.27. The van der Waals surface area contributed by atoms with Crippen LogP contribution >= 0.6 is 35.0 Å². The summed E-state index contributed by atoms with van der Waals surface area (Å²) in [5, 5.41) is 18.7. The Morgan fingerprint density at radius 1 is 1.12 bits per heavy atom. The number of nitrogens with zero attached hydrogens (tertiary/aromatic N) is 4. The van der Waals surface area contributed by atoms with Gasteiger partial charge in [0.2, 0.25) is 5.17 Å². The molecule has 3 aliphatic rings. The standard InChI is InChI=1S/C30H29Cl2N5O2S/c1-17-8-10-25-22(14-17)21(18(2)36(25)12-13-39-26-11-9-20(31)15-24(26)32)16-23-27(33)37-30(34-28(23)38)40-29(35-37)19-6-4-3-5-7-19/h8-11,14-16,19,33H,3-7,12-13H2,1-2H3/b23-16+,33-27?. The maximum atomic E-state index is 13.2. The number of hydrazone groups is 1. The summed E-state index contributed by atoms with van der Waals surface area (Å²) < 4.78 is 8.14. The Hall–Kier alpha value is -3.07. The van der Waals surface area contributed by atoms with E-state index in [1.54, 1.807) is 24.3 Å². The van der Waals surface area contributed by atoms with Crippen molar-refractivity contribution in [1.82, 2.24) is 9.58 Å². The van der Waals surface area contributed by atoms with E-state index >= 15 is 0 Å². The number of amidine groups is 2. The third kappa shape index (κ3) is 5.08. The second kappa shape index (κ2) is 11.1. The van der Waals surface area contributed by atoms with Gasteiger partial charge in [-0.25, -0.2) is 0 Å². The minimum absolute atomic E-state index is 0.0713. The number of rotatable bonds is 6. The molecule has 2 aromatic carbocycles. The molecule has 0 atom stereocenters. The van der Waals surface area contributed by atoms with Gasteiger partial charge in [0, 0.05) is 33.1 Å². The lowest BCUT2D eigenvalue weighted by Gasteiger charge is -2.20. The smallest absolute Gasteiger partial charge is 0.283 e. The van der Waals surface area contributed by atoms with E-state index in [2.05, 4.69) is 27.8 Å². The Morgan fingerprint density at radius 3 is 2.70 bits per heavy atom. The molecule has 7 nitrogen and oxygen atoms in total. The molecule has 2 aliphatic heterocycles. The lowest BCUT2D eigenvalue weighted by atomic mass is 9.90. The van der Waals surface area contributed by atoms with E-state index in [4.69, 9.17) is 38.4 Å². The van der Waals surface area contributed by atoms with Gasteiger partial charge < -0.3 is 9.30 Å². The Morgan fingerprint density at radius 2 is 1.93 bits per heavy atom. The number of halogens is 2. The Labute approximate surface area is 247 Å². The maximum absolute atomic E-state index is 13.2. The fourth-order valence-corrected chi connectivity index (χ4v) is 7.12. The highest BCUT2D eigenvalue weighted by Crippen LogP contribution is 2.37. The normalized spacial score (nSPS) is 18.9. The number of carbonyl (C=O) groups excluding carboxylic acids is 1. The van der Waals surface area contributed by atoms with Crippen LogP contribution in [-0.2, 0) is 11.3 Å². The molecule has 1 saturated carbocycles. The SMILES string of the molecule is Cc1ccc2c(c1)c(/C=C1\C(=N)N3N=C(C4CCCCC4)SC3=NC1=O)c(C)n2CCOc1ccc(Cl)cc1Cl. The summed E-state index contributed by atoms with van der Waals surface area (Å²) in [6.45, 7) is 5.02. The van der Waals surface area contributed by atoms with Crippen LogP contribution in [0, 0.1) is 25.2 Å². The molecular weight excluding hydrogens is 565 g/mol. The van der Waals surface area contributed by atoms with E-state index in [0.717, 1.165) is 45.6 Å². The van der Waals surface area contributed by atoms with Crippen molar-refractivity contribution in [2.24, 2.45) is 16.0 Å². The highest BCUT2D eigenvalue weighted by Gasteiger charge is 2.38. The van der Waals surface area contributed by atoms with Gasteiger partial charge in [0.15, 0.2) is 5.84 Å². The average molecular weight is 595 g/mol. The first-order valence-electron chi connectivity index (χ1n) is 13.5. The monoisotopic (exact) mass is 593 g/mol. The summed E-state index contributed by atoms with van der Waals surface area (Å²) in [5.74, 6) is 0.625. The van der Waals surface area contributed by atoms with Gasteiger partial charge in [-0.2, -0.15) is 15.1 Å². The van der Waals surface area contributed by atoms with Gasteiger partial charge in [0.25, 0.3) is 5.91 Å². The molecule has 1 aliphatic carbocycles. The van der Waals surface area contributed by atoms with Crippen LogP contribution in [0.25, 0.3) is 17.0 Å². The third-order valence-corrected chi connectivity index (χ3v) is 9.31. The number of amides is 1. The zero-order chi connectivity index (χ0) is 28.0. The molecule has 0 unspecified atom stereocenters. The summed E-state index contributed by atoms with van der Waals surface area (Å²) in [4.78, 5) is 17.5. The number of aliphatic imine (C=N–C) groups is 1. The fourth-order valence-electron chi connectivity index (χ4n) is 5.60. The molecule has 0 spiro atoms. The molecule has 6 rings (SSSR count). The molecule has 10 heteroatoms. The number of aromatic nitrogens is 1. The average Bonchev–Trinajstić information content (AvgIpc) is 3.47. The van der Waals surface area contributed by atoms with E-state index < -0.39 is 5.91 Å². The molecule has 1 amide bonds. The van der Waals surface area contributed by atoms with Crippen molar-refractivity contribution in [1.29, 1.82) is 5.41 Å². The maximum Gasteiger partial charge on any atom is 0.283 e. The number of aryl methyl sites for hydroxylation is 1. The van der Waals surface area contributed by atoms with Crippen molar-refractivity contribution in [2.75, 3.05) is 6.61 Å². The first-order chi connectivity index (χ1) is 19.3. The van der Waals surface area contributed by atoms with E-state index in [-0.39, 0.29) is 11.4 Å². The molecule has 1 fully saturated rings. The molecule has 0 saturated heterocycles. The molecule has 0 bridgehead atoms. The second-order valence-corrected chi connectivity index (χ2v) is 12.2. The largest absolute Gasteiger partial charge is 0.490 e. The first-order valence-corrected chi connectivity index (χ1v) is 15.0. The van der Waals surface area contributed by atoms with Crippen molar-refractivity contribution < 1.29 is 9.53 Å². The number of thioether (sulfide) groups is 1. The van der Waals surface area contributed by atoms with Gasteiger partial charge in [0.05, 0.1) is 17.1 Å². The van der Waals surface area contributed by atoms with E-state index in [9.17, 15) is 4.79 Å². The van der Waals surface area contributed by atoms with Gasteiger partial charge >= 0.3 is 0 Å². The summed E-state index contributed by atoms with van der Waals surface area (Å²) in [7, 11) is 0. The summed E-state index contributed by atoms with van der Waals surface area (Å²) in [6.07, 6.45) is 7.64. The lowest BCUT2D eigenvalue weighted by molar-refractivity contribution is -0.114. The van der Waals surface area contributed by atoms with Crippen molar-refractivity contribution in [3.05, 3.63) is 68.8 Å². The van der Waals surface area contributed by atoms with Crippen LogP contribution in [0.1, 0.15) is 48.9 Å². The quantitative estimate of drug-likeness (QED) is 0.295.